The fourth-order valence-corrected chi connectivity index (χ4v) is 6.65. The highest BCUT2D eigenvalue weighted by atomic mass is 16.3. The van der Waals surface area contributed by atoms with Crippen molar-refractivity contribution in [1.82, 2.24) is 0 Å². The van der Waals surface area contributed by atoms with Crippen molar-refractivity contribution in [2.45, 2.75) is 74.1 Å². The third kappa shape index (κ3) is 6.55. The van der Waals surface area contributed by atoms with E-state index in [1.54, 1.807) is 24.3 Å². The molecule has 0 bridgehead atoms. The minimum atomic E-state index is 0.221. The second-order valence-corrected chi connectivity index (χ2v) is 13.0. The Hall–Kier alpha value is -4.90. The summed E-state index contributed by atoms with van der Waals surface area (Å²) in [5, 5.41) is 53.5. The van der Waals surface area contributed by atoms with Crippen molar-refractivity contribution in [2.24, 2.45) is 0 Å². The number of hydrogen-bond acceptors (Lipinski definition) is 5. The van der Waals surface area contributed by atoms with Gasteiger partial charge in [0, 0.05) is 36.8 Å². The second-order valence-electron chi connectivity index (χ2n) is 13.0. The average Bonchev–Trinajstić information content (AvgIpc) is 2.99. The third-order valence-electron chi connectivity index (χ3n) is 9.53. The lowest BCUT2D eigenvalue weighted by molar-refractivity contribution is 0.462. The summed E-state index contributed by atoms with van der Waals surface area (Å²) in [5.74, 6) is 1.25. The monoisotopic (exact) mass is 616 g/mol. The van der Waals surface area contributed by atoms with Crippen LogP contribution in [0.2, 0.25) is 0 Å². The fraction of sp³-hybridized carbons (Fsp3) is 0.268. The average molecular weight is 617 g/mol. The Morgan fingerprint density at radius 1 is 0.370 bits per heavy atom. The summed E-state index contributed by atoms with van der Waals surface area (Å²) >= 11 is 0. The Kier molecular flexibility index (Phi) is 9.07. The molecule has 5 rings (SSSR count). The molecule has 0 fully saturated rings. The summed E-state index contributed by atoms with van der Waals surface area (Å²) in [5.41, 5.74) is 14.0. The molecular formula is C41H44O5. The largest absolute Gasteiger partial charge is 0.508 e. The number of phenolic OH excluding ortho intramolecular Hbond substituents is 5. The highest BCUT2D eigenvalue weighted by molar-refractivity contribution is 5.57. The zero-order valence-electron chi connectivity index (χ0n) is 27.8. The minimum Gasteiger partial charge on any atom is -0.508 e. The van der Waals surface area contributed by atoms with Crippen LogP contribution in [0.15, 0.2) is 60.7 Å². The van der Waals surface area contributed by atoms with Crippen LogP contribution >= 0.6 is 0 Å². The lowest BCUT2D eigenvalue weighted by atomic mass is 9.87. The molecular weight excluding hydrogens is 572 g/mol. The number of rotatable bonds is 8. The van der Waals surface area contributed by atoms with Gasteiger partial charge in [-0.1, -0.05) is 42.0 Å². The van der Waals surface area contributed by atoms with Crippen LogP contribution in [0.4, 0.5) is 0 Å². The predicted molar refractivity (Wildman–Crippen MR) is 185 cm³/mol. The summed E-state index contributed by atoms with van der Waals surface area (Å²) in [6.45, 7) is 13.8. The van der Waals surface area contributed by atoms with Gasteiger partial charge in [0.1, 0.15) is 28.7 Å². The second kappa shape index (κ2) is 12.8. The van der Waals surface area contributed by atoms with Crippen molar-refractivity contribution in [2.75, 3.05) is 0 Å². The Balaban J connectivity index is 1.49. The molecule has 46 heavy (non-hydrogen) atoms. The zero-order chi connectivity index (χ0) is 33.4. The first-order chi connectivity index (χ1) is 21.7. The zero-order valence-corrected chi connectivity index (χ0v) is 27.8. The molecule has 238 valence electrons. The molecule has 5 aromatic carbocycles. The minimum absolute atomic E-state index is 0.221. The first-order valence-corrected chi connectivity index (χ1v) is 15.7. The summed E-state index contributed by atoms with van der Waals surface area (Å²) in [4.78, 5) is 0. The molecule has 0 atom stereocenters. The molecule has 0 aliphatic rings. The van der Waals surface area contributed by atoms with Gasteiger partial charge >= 0.3 is 0 Å². The van der Waals surface area contributed by atoms with E-state index < -0.39 is 0 Å². The van der Waals surface area contributed by atoms with E-state index >= 15 is 0 Å². The first kappa shape index (κ1) is 32.5. The van der Waals surface area contributed by atoms with Gasteiger partial charge in [-0.05, 0) is 139 Å². The molecule has 0 amide bonds. The van der Waals surface area contributed by atoms with E-state index in [2.05, 4.69) is 0 Å². The SMILES string of the molecule is Cc1cc(Cc2cc(C)c(O)c(Cc3ccc(O)cc3C)c2C)c(O)c(Cc2cc(C)c(O)c(Cc3ccc(O)cc3C)c2C)c1. The first-order valence-electron chi connectivity index (χ1n) is 15.7. The summed E-state index contributed by atoms with van der Waals surface area (Å²) in [7, 11) is 0. The van der Waals surface area contributed by atoms with Crippen molar-refractivity contribution in [3.8, 4) is 28.7 Å². The van der Waals surface area contributed by atoms with E-state index in [9.17, 15) is 25.5 Å². The van der Waals surface area contributed by atoms with E-state index in [4.69, 9.17) is 0 Å². The van der Waals surface area contributed by atoms with Crippen molar-refractivity contribution in [3.63, 3.8) is 0 Å². The van der Waals surface area contributed by atoms with Crippen LogP contribution in [0.25, 0.3) is 0 Å². The maximum Gasteiger partial charge on any atom is 0.122 e. The lowest BCUT2D eigenvalue weighted by Crippen LogP contribution is -2.04. The molecule has 0 aromatic heterocycles. The molecule has 5 nitrogen and oxygen atoms in total. The van der Waals surface area contributed by atoms with Gasteiger partial charge in [-0.25, -0.2) is 0 Å². The third-order valence-corrected chi connectivity index (χ3v) is 9.53. The van der Waals surface area contributed by atoms with Crippen LogP contribution < -0.4 is 0 Å². The maximum absolute atomic E-state index is 11.7. The van der Waals surface area contributed by atoms with Gasteiger partial charge in [-0.3, -0.25) is 0 Å². The van der Waals surface area contributed by atoms with Gasteiger partial charge < -0.3 is 25.5 Å². The predicted octanol–water partition coefficient (Wildman–Crippen LogP) is 8.74. The molecule has 0 heterocycles. The van der Waals surface area contributed by atoms with Crippen LogP contribution in [0.3, 0.4) is 0 Å². The van der Waals surface area contributed by atoms with E-state index in [1.165, 1.54) is 0 Å². The molecule has 0 unspecified atom stereocenters. The molecule has 0 saturated carbocycles. The Bertz CT molecular complexity index is 1830. The van der Waals surface area contributed by atoms with E-state index in [1.807, 2.05) is 84.9 Å². The number of phenols is 5. The van der Waals surface area contributed by atoms with Gasteiger partial charge in [0.05, 0.1) is 0 Å². The number of hydrogen-bond donors (Lipinski definition) is 5. The molecule has 0 saturated heterocycles. The quantitative estimate of drug-likeness (QED) is 0.120. The van der Waals surface area contributed by atoms with Crippen LogP contribution in [0.1, 0.15) is 83.5 Å². The van der Waals surface area contributed by atoms with Crippen molar-refractivity contribution in [3.05, 3.63) is 144 Å². The van der Waals surface area contributed by atoms with Crippen molar-refractivity contribution in [1.29, 1.82) is 0 Å². The maximum atomic E-state index is 11.7. The Morgan fingerprint density at radius 3 is 1.13 bits per heavy atom. The Morgan fingerprint density at radius 2 is 0.761 bits per heavy atom. The highest BCUT2D eigenvalue weighted by Gasteiger charge is 2.20. The van der Waals surface area contributed by atoms with Gasteiger partial charge in [-0.15, -0.1) is 0 Å². The normalized spacial score (nSPS) is 11.3. The molecule has 0 radical (unpaired) electrons. The van der Waals surface area contributed by atoms with Gasteiger partial charge in [0.2, 0.25) is 0 Å². The Labute approximate surface area is 272 Å². The summed E-state index contributed by atoms with van der Waals surface area (Å²) in [6.07, 6.45) is 2.09. The molecule has 5 aromatic rings. The number of aromatic hydroxyl groups is 5. The van der Waals surface area contributed by atoms with Crippen LogP contribution in [0.5, 0.6) is 28.7 Å². The molecule has 5 heteroatoms. The van der Waals surface area contributed by atoms with Crippen molar-refractivity contribution >= 4 is 0 Å². The lowest BCUT2D eigenvalue weighted by Gasteiger charge is -2.20. The van der Waals surface area contributed by atoms with E-state index in [0.29, 0.717) is 25.7 Å². The molecule has 5 N–H and O–H groups in total. The highest BCUT2D eigenvalue weighted by Crippen LogP contribution is 2.37. The van der Waals surface area contributed by atoms with Crippen LogP contribution in [0, 0.1) is 48.5 Å². The molecule has 0 spiro atoms. The topological polar surface area (TPSA) is 101 Å². The molecule has 0 aliphatic heterocycles. The molecule has 0 aliphatic carbocycles. The van der Waals surface area contributed by atoms with Gasteiger partial charge in [-0.2, -0.15) is 0 Å². The number of aryl methyl sites for hydroxylation is 5. The van der Waals surface area contributed by atoms with E-state index in [0.717, 1.165) is 83.5 Å². The van der Waals surface area contributed by atoms with Crippen molar-refractivity contribution < 1.29 is 25.5 Å². The summed E-state index contributed by atoms with van der Waals surface area (Å²) < 4.78 is 0. The van der Waals surface area contributed by atoms with Gasteiger partial charge in [0.25, 0.3) is 0 Å². The smallest absolute Gasteiger partial charge is 0.122 e. The standard InChI is InChI=1S/C41H44O5/c1-22-12-33(18-31-14-25(4)39(44)37(27(31)6)20-29-8-10-35(42)16-23(29)2)41(46)34(13-22)19-32-15-26(5)40(45)38(28(32)7)21-30-9-11-36(43)17-24(30)3/h8-17,42-46H,18-21H2,1-7H3. The van der Waals surface area contributed by atoms with E-state index in [-0.39, 0.29) is 28.7 Å². The van der Waals surface area contributed by atoms with Gasteiger partial charge in [0.15, 0.2) is 0 Å². The fourth-order valence-electron chi connectivity index (χ4n) is 6.65. The van der Waals surface area contributed by atoms with Crippen LogP contribution in [-0.4, -0.2) is 25.5 Å². The number of benzene rings is 5. The van der Waals surface area contributed by atoms with Crippen LogP contribution in [-0.2, 0) is 25.7 Å². The summed E-state index contributed by atoms with van der Waals surface area (Å²) in [6, 6.07) is 18.7.